The number of hydrogen-bond acceptors (Lipinski definition) is 2. The molecule has 23 heavy (non-hydrogen) atoms. The molecule has 2 aromatic rings. The van der Waals surface area contributed by atoms with E-state index in [4.69, 9.17) is 0 Å². The number of benzene rings is 2. The fraction of sp³-hybridized carbons (Fsp3) is 0.222. The van der Waals surface area contributed by atoms with Crippen molar-refractivity contribution in [3.05, 3.63) is 59.4 Å². The fourth-order valence-electron chi connectivity index (χ4n) is 2.72. The summed E-state index contributed by atoms with van der Waals surface area (Å²) in [5.41, 5.74) is 2.97. The van der Waals surface area contributed by atoms with Crippen LogP contribution in [0.3, 0.4) is 0 Å². The molecule has 0 fully saturated rings. The Morgan fingerprint density at radius 2 is 2.04 bits per heavy atom. The number of hydrogen-bond donors (Lipinski definition) is 1. The molecule has 5 heteroatoms. The SMILES string of the molecule is CN1C(=O)Cc2cc(NC(=O)CCc3ccccc3F)ccc21. The molecule has 1 heterocycles. The Kier molecular flexibility index (Phi) is 4.10. The molecule has 0 saturated heterocycles. The van der Waals surface area contributed by atoms with Gasteiger partial charge >= 0.3 is 0 Å². The zero-order chi connectivity index (χ0) is 16.4. The highest BCUT2D eigenvalue weighted by Gasteiger charge is 2.23. The quantitative estimate of drug-likeness (QED) is 0.943. The highest BCUT2D eigenvalue weighted by Crippen LogP contribution is 2.30. The van der Waals surface area contributed by atoms with Crippen molar-refractivity contribution in [1.29, 1.82) is 0 Å². The third-order valence-electron chi connectivity index (χ3n) is 4.02. The number of rotatable bonds is 4. The number of nitrogens with zero attached hydrogens (tertiary/aromatic N) is 1. The lowest BCUT2D eigenvalue weighted by atomic mass is 10.1. The first-order valence-corrected chi connectivity index (χ1v) is 7.47. The van der Waals surface area contributed by atoms with Gasteiger partial charge in [-0.25, -0.2) is 4.39 Å². The van der Waals surface area contributed by atoms with E-state index in [1.54, 1.807) is 36.2 Å². The van der Waals surface area contributed by atoms with Gasteiger partial charge in [0.05, 0.1) is 6.42 Å². The maximum Gasteiger partial charge on any atom is 0.231 e. The number of halogens is 1. The van der Waals surface area contributed by atoms with Gasteiger partial charge in [-0.3, -0.25) is 9.59 Å². The summed E-state index contributed by atoms with van der Waals surface area (Å²) in [6, 6.07) is 11.9. The van der Waals surface area contributed by atoms with E-state index in [2.05, 4.69) is 5.32 Å². The first kappa shape index (κ1) is 15.2. The topological polar surface area (TPSA) is 49.4 Å². The summed E-state index contributed by atoms with van der Waals surface area (Å²) in [5.74, 6) is -0.423. The molecule has 0 unspecified atom stereocenters. The number of carbonyl (C=O) groups excluding carboxylic acids is 2. The van der Waals surface area contributed by atoms with Gasteiger partial charge in [0.15, 0.2) is 0 Å². The molecule has 1 aliphatic heterocycles. The molecular formula is C18H17FN2O2. The van der Waals surface area contributed by atoms with Crippen molar-refractivity contribution in [2.45, 2.75) is 19.3 Å². The van der Waals surface area contributed by atoms with E-state index in [0.29, 0.717) is 24.1 Å². The van der Waals surface area contributed by atoms with Gasteiger partial charge in [-0.2, -0.15) is 0 Å². The Hall–Kier alpha value is -2.69. The molecule has 2 aromatic carbocycles. The van der Waals surface area contributed by atoms with Crippen molar-refractivity contribution in [1.82, 2.24) is 0 Å². The van der Waals surface area contributed by atoms with Crippen LogP contribution in [0.4, 0.5) is 15.8 Å². The maximum absolute atomic E-state index is 13.5. The predicted octanol–water partition coefficient (Wildman–Crippen LogP) is 2.92. The van der Waals surface area contributed by atoms with Crippen molar-refractivity contribution in [3.8, 4) is 0 Å². The summed E-state index contributed by atoms with van der Waals surface area (Å²) in [5, 5.41) is 2.80. The summed E-state index contributed by atoms with van der Waals surface area (Å²) < 4.78 is 13.5. The van der Waals surface area contributed by atoms with E-state index >= 15 is 0 Å². The molecular weight excluding hydrogens is 295 g/mol. The van der Waals surface area contributed by atoms with Gasteiger partial charge in [0.25, 0.3) is 0 Å². The van der Waals surface area contributed by atoms with Crippen molar-refractivity contribution >= 4 is 23.2 Å². The van der Waals surface area contributed by atoms with Crippen LogP contribution in [-0.2, 0) is 22.4 Å². The van der Waals surface area contributed by atoms with E-state index in [-0.39, 0.29) is 24.1 Å². The number of carbonyl (C=O) groups is 2. The number of fused-ring (bicyclic) bond motifs is 1. The third kappa shape index (κ3) is 3.23. The molecule has 0 bridgehead atoms. The van der Waals surface area contributed by atoms with Crippen LogP contribution in [0.1, 0.15) is 17.5 Å². The Labute approximate surface area is 133 Å². The lowest BCUT2D eigenvalue weighted by molar-refractivity contribution is -0.117. The largest absolute Gasteiger partial charge is 0.326 e. The smallest absolute Gasteiger partial charge is 0.231 e. The summed E-state index contributed by atoms with van der Waals surface area (Å²) in [6.45, 7) is 0. The van der Waals surface area contributed by atoms with Crippen LogP contribution in [-0.4, -0.2) is 18.9 Å². The average Bonchev–Trinajstić information content (AvgIpc) is 2.81. The van der Waals surface area contributed by atoms with Crippen LogP contribution >= 0.6 is 0 Å². The van der Waals surface area contributed by atoms with E-state index in [1.807, 2.05) is 12.1 Å². The Morgan fingerprint density at radius 1 is 1.26 bits per heavy atom. The van der Waals surface area contributed by atoms with Crippen molar-refractivity contribution < 1.29 is 14.0 Å². The average molecular weight is 312 g/mol. The van der Waals surface area contributed by atoms with Crippen molar-refractivity contribution in [2.24, 2.45) is 0 Å². The van der Waals surface area contributed by atoms with E-state index < -0.39 is 0 Å². The lowest BCUT2D eigenvalue weighted by Crippen LogP contribution is -2.20. The number of nitrogens with one attached hydrogen (secondary N) is 1. The Morgan fingerprint density at radius 3 is 2.83 bits per heavy atom. The number of anilines is 2. The fourth-order valence-corrected chi connectivity index (χ4v) is 2.72. The van der Waals surface area contributed by atoms with Gasteiger partial charge in [0.2, 0.25) is 11.8 Å². The van der Waals surface area contributed by atoms with Gasteiger partial charge < -0.3 is 10.2 Å². The molecule has 1 N–H and O–H groups in total. The molecule has 2 amide bonds. The van der Waals surface area contributed by atoms with Crippen LogP contribution in [0.25, 0.3) is 0 Å². The molecule has 1 aliphatic rings. The number of likely N-dealkylation sites (N-methyl/N-ethyl adjacent to an activating group) is 1. The van der Waals surface area contributed by atoms with Crippen LogP contribution < -0.4 is 10.2 Å². The molecule has 0 aromatic heterocycles. The van der Waals surface area contributed by atoms with Crippen LogP contribution in [0.2, 0.25) is 0 Å². The standard InChI is InChI=1S/C18H17FN2O2/c1-21-16-8-7-14(10-13(16)11-18(21)23)20-17(22)9-6-12-4-2-3-5-15(12)19/h2-5,7-8,10H,6,9,11H2,1H3,(H,20,22). The minimum atomic E-state index is -0.292. The van der Waals surface area contributed by atoms with Crippen LogP contribution in [0.5, 0.6) is 0 Å². The number of amides is 2. The molecule has 0 radical (unpaired) electrons. The van der Waals surface area contributed by atoms with Gasteiger partial charge in [-0.15, -0.1) is 0 Å². The molecule has 0 atom stereocenters. The Bertz CT molecular complexity index is 773. The number of aryl methyl sites for hydroxylation is 1. The van der Waals surface area contributed by atoms with Gasteiger partial charge in [-0.05, 0) is 41.8 Å². The second-order valence-electron chi connectivity index (χ2n) is 5.61. The molecule has 0 saturated carbocycles. The van der Waals surface area contributed by atoms with Gasteiger partial charge in [-0.1, -0.05) is 18.2 Å². The zero-order valence-electron chi connectivity index (χ0n) is 12.8. The third-order valence-corrected chi connectivity index (χ3v) is 4.02. The lowest BCUT2D eigenvalue weighted by Gasteiger charge is -2.11. The highest BCUT2D eigenvalue weighted by molar-refractivity contribution is 6.02. The monoisotopic (exact) mass is 312 g/mol. The molecule has 3 rings (SSSR count). The molecule has 4 nitrogen and oxygen atoms in total. The summed E-state index contributed by atoms with van der Waals surface area (Å²) in [7, 11) is 1.74. The van der Waals surface area contributed by atoms with Gasteiger partial charge in [0, 0.05) is 24.8 Å². The zero-order valence-corrected chi connectivity index (χ0v) is 12.8. The highest BCUT2D eigenvalue weighted by atomic mass is 19.1. The van der Waals surface area contributed by atoms with E-state index in [1.165, 1.54) is 6.07 Å². The van der Waals surface area contributed by atoms with Gasteiger partial charge in [0.1, 0.15) is 5.82 Å². The first-order chi connectivity index (χ1) is 11.0. The first-order valence-electron chi connectivity index (χ1n) is 7.47. The predicted molar refractivity (Wildman–Crippen MR) is 86.9 cm³/mol. The normalized spacial score (nSPS) is 13.1. The van der Waals surface area contributed by atoms with Crippen LogP contribution in [0, 0.1) is 5.82 Å². The molecule has 0 spiro atoms. The molecule has 0 aliphatic carbocycles. The summed E-state index contributed by atoms with van der Waals surface area (Å²) in [6.07, 6.45) is 0.909. The van der Waals surface area contributed by atoms with Crippen LogP contribution in [0.15, 0.2) is 42.5 Å². The minimum absolute atomic E-state index is 0.0445. The second-order valence-corrected chi connectivity index (χ2v) is 5.61. The van der Waals surface area contributed by atoms with E-state index in [9.17, 15) is 14.0 Å². The minimum Gasteiger partial charge on any atom is -0.326 e. The summed E-state index contributed by atoms with van der Waals surface area (Å²) >= 11 is 0. The van der Waals surface area contributed by atoms with Crippen molar-refractivity contribution in [3.63, 3.8) is 0 Å². The molecule has 118 valence electrons. The Balaban J connectivity index is 1.62. The maximum atomic E-state index is 13.5. The summed E-state index contributed by atoms with van der Waals surface area (Å²) in [4.78, 5) is 25.3. The second kappa shape index (κ2) is 6.20. The van der Waals surface area contributed by atoms with E-state index in [0.717, 1.165) is 11.3 Å². The van der Waals surface area contributed by atoms with Crippen molar-refractivity contribution in [2.75, 3.05) is 17.3 Å².